The second-order valence-corrected chi connectivity index (χ2v) is 5.11. The van der Waals surface area contributed by atoms with Crippen LogP contribution in [-0.2, 0) is 6.42 Å². The number of nitrogens with zero attached hydrogens (tertiary/aromatic N) is 1. The van der Waals surface area contributed by atoms with Gasteiger partial charge in [0.1, 0.15) is 5.01 Å². The second-order valence-electron chi connectivity index (χ2n) is 4.22. The highest BCUT2D eigenvalue weighted by Gasteiger charge is 2.19. The molecule has 2 heterocycles. The van der Waals surface area contributed by atoms with Gasteiger partial charge in [0.2, 0.25) is 0 Å². The molecule has 0 aromatic carbocycles. The zero-order valence-electron chi connectivity index (χ0n) is 9.42. The lowest BCUT2D eigenvalue weighted by molar-refractivity contribution is 0.595. The number of aromatic nitrogens is 1. The Labute approximate surface area is 95.3 Å². The largest absolute Gasteiger partial charge is 0.317 e. The summed E-state index contributed by atoms with van der Waals surface area (Å²) in [5, 5.41) is 10.2. The van der Waals surface area contributed by atoms with Crippen LogP contribution in [0.3, 0.4) is 0 Å². The van der Waals surface area contributed by atoms with Gasteiger partial charge in [-0.2, -0.15) is 0 Å². The van der Waals surface area contributed by atoms with E-state index in [0.717, 1.165) is 13.0 Å². The normalized spacial score (nSPS) is 23.2. The molecule has 0 aliphatic carbocycles. The van der Waals surface area contributed by atoms with Crippen LogP contribution < -0.4 is 10.6 Å². The minimum atomic E-state index is 0.511. The van der Waals surface area contributed by atoms with E-state index in [2.05, 4.69) is 22.9 Å². The minimum absolute atomic E-state index is 0.511. The van der Waals surface area contributed by atoms with Crippen molar-refractivity contribution in [3.8, 4) is 0 Å². The zero-order chi connectivity index (χ0) is 10.7. The topological polar surface area (TPSA) is 37.0 Å². The van der Waals surface area contributed by atoms with Gasteiger partial charge in [0, 0.05) is 17.8 Å². The molecule has 2 N–H and O–H groups in total. The summed E-state index contributed by atoms with van der Waals surface area (Å²) in [5.74, 6) is 0. The standard InChI is InChI=1S/C11H19N3S/c1-8(12-2)6-9-7-15-11(14-9)10-4-3-5-13-10/h7-8,10,12-13H,3-6H2,1-2H3. The Kier molecular flexibility index (Phi) is 3.72. The van der Waals surface area contributed by atoms with E-state index in [1.165, 1.54) is 23.5 Å². The summed E-state index contributed by atoms with van der Waals surface area (Å²) in [6, 6.07) is 1.03. The van der Waals surface area contributed by atoms with Crippen molar-refractivity contribution in [3.63, 3.8) is 0 Å². The molecule has 1 saturated heterocycles. The molecule has 15 heavy (non-hydrogen) atoms. The maximum atomic E-state index is 4.70. The van der Waals surface area contributed by atoms with Crippen molar-refractivity contribution < 1.29 is 0 Å². The lowest BCUT2D eigenvalue weighted by atomic mass is 10.2. The Bertz CT molecular complexity index is 305. The third-order valence-corrected chi connectivity index (χ3v) is 3.94. The van der Waals surface area contributed by atoms with Crippen LogP contribution in [0.1, 0.15) is 36.5 Å². The molecule has 1 aliphatic heterocycles. The van der Waals surface area contributed by atoms with Gasteiger partial charge in [-0.15, -0.1) is 11.3 Å². The van der Waals surface area contributed by atoms with Crippen LogP contribution in [0, 0.1) is 0 Å². The molecule has 0 spiro atoms. The molecule has 1 fully saturated rings. The van der Waals surface area contributed by atoms with Gasteiger partial charge < -0.3 is 10.6 Å². The van der Waals surface area contributed by atoms with Gasteiger partial charge in [0.05, 0.1) is 11.7 Å². The Hall–Kier alpha value is -0.450. The average Bonchev–Trinajstić information content (AvgIpc) is 2.85. The lowest BCUT2D eigenvalue weighted by Crippen LogP contribution is -2.23. The molecule has 4 heteroatoms. The van der Waals surface area contributed by atoms with Gasteiger partial charge in [-0.25, -0.2) is 4.98 Å². The number of likely N-dealkylation sites (N-methyl/N-ethyl adjacent to an activating group) is 1. The second kappa shape index (κ2) is 5.05. The molecule has 2 unspecified atom stereocenters. The van der Waals surface area contributed by atoms with E-state index in [1.807, 2.05) is 7.05 Å². The SMILES string of the molecule is CNC(C)Cc1csc(C2CCCN2)n1. The van der Waals surface area contributed by atoms with E-state index in [4.69, 9.17) is 4.98 Å². The van der Waals surface area contributed by atoms with Crippen molar-refractivity contribution in [1.29, 1.82) is 0 Å². The Balaban J connectivity index is 1.97. The van der Waals surface area contributed by atoms with Gasteiger partial charge in [-0.3, -0.25) is 0 Å². The number of hydrogen-bond donors (Lipinski definition) is 2. The van der Waals surface area contributed by atoms with Crippen LogP contribution >= 0.6 is 11.3 Å². The first-order valence-electron chi connectivity index (χ1n) is 5.64. The van der Waals surface area contributed by atoms with Crippen molar-refractivity contribution in [2.75, 3.05) is 13.6 Å². The third-order valence-electron chi connectivity index (χ3n) is 2.94. The molecule has 0 radical (unpaired) electrons. The van der Waals surface area contributed by atoms with Crippen LogP contribution in [0.25, 0.3) is 0 Å². The lowest BCUT2D eigenvalue weighted by Gasteiger charge is -2.07. The average molecular weight is 225 g/mol. The first kappa shape index (κ1) is 11.0. The molecule has 0 bridgehead atoms. The van der Waals surface area contributed by atoms with Gasteiger partial charge in [0.15, 0.2) is 0 Å². The highest BCUT2D eigenvalue weighted by Crippen LogP contribution is 2.26. The highest BCUT2D eigenvalue weighted by molar-refractivity contribution is 7.09. The minimum Gasteiger partial charge on any atom is -0.317 e. The molecule has 2 atom stereocenters. The quantitative estimate of drug-likeness (QED) is 0.819. The molecule has 1 aromatic rings. The zero-order valence-corrected chi connectivity index (χ0v) is 10.2. The van der Waals surface area contributed by atoms with Crippen molar-refractivity contribution in [2.45, 2.75) is 38.3 Å². The molecule has 0 saturated carbocycles. The van der Waals surface area contributed by atoms with Gasteiger partial charge >= 0.3 is 0 Å². The molecular formula is C11H19N3S. The van der Waals surface area contributed by atoms with Crippen LogP contribution in [0.5, 0.6) is 0 Å². The van der Waals surface area contributed by atoms with E-state index in [9.17, 15) is 0 Å². The van der Waals surface area contributed by atoms with Crippen LogP contribution in [0.15, 0.2) is 5.38 Å². The summed E-state index contributed by atoms with van der Waals surface area (Å²) in [6.07, 6.45) is 3.56. The monoisotopic (exact) mass is 225 g/mol. The Morgan fingerprint density at radius 1 is 1.73 bits per heavy atom. The summed E-state index contributed by atoms with van der Waals surface area (Å²) in [5.41, 5.74) is 1.23. The van der Waals surface area contributed by atoms with E-state index in [1.54, 1.807) is 11.3 Å². The Morgan fingerprint density at radius 2 is 2.60 bits per heavy atom. The highest BCUT2D eigenvalue weighted by atomic mass is 32.1. The van der Waals surface area contributed by atoms with E-state index < -0.39 is 0 Å². The number of thiazole rings is 1. The fourth-order valence-electron chi connectivity index (χ4n) is 1.89. The van der Waals surface area contributed by atoms with Gasteiger partial charge in [0.25, 0.3) is 0 Å². The van der Waals surface area contributed by atoms with Crippen LogP contribution in [-0.4, -0.2) is 24.6 Å². The van der Waals surface area contributed by atoms with E-state index in [-0.39, 0.29) is 0 Å². The van der Waals surface area contributed by atoms with Crippen molar-refractivity contribution in [2.24, 2.45) is 0 Å². The van der Waals surface area contributed by atoms with Crippen molar-refractivity contribution in [1.82, 2.24) is 15.6 Å². The Morgan fingerprint density at radius 3 is 3.27 bits per heavy atom. The number of rotatable bonds is 4. The summed E-state index contributed by atoms with van der Waals surface area (Å²) >= 11 is 1.80. The molecule has 3 nitrogen and oxygen atoms in total. The summed E-state index contributed by atoms with van der Waals surface area (Å²) in [6.45, 7) is 3.33. The van der Waals surface area contributed by atoms with Crippen LogP contribution in [0.4, 0.5) is 0 Å². The summed E-state index contributed by atoms with van der Waals surface area (Å²) in [4.78, 5) is 4.70. The number of hydrogen-bond acceptors (Lipinski definition) is 4. The summed E-state index contributed by atoms with van der Waals surface area (Å²) < 4.78 is 0. The van der Waals surface area contributed by atoms with E-state index in [0.29, 0.717) is 12.1 Å². The maximum absolute atomic E-state index is 4.70. The van der Waals surface area contributed by atoms with E-state index >= 15 is 0 Å². The fourth-order valence-corrected chi connectivity index (χ4v) is 2.83. The third kappa shape index (κ3) is 2.77. The molecule has 1 aromatic heterocycles. The molecule has 84 valence electrons. The smallest absolute Gasteiger partial charge is 0.110 e. The molecule has 1 aliphatic rings. The predicted molar refractivity (Wildman–Crippen MR) is 64.3 cm³/mol. The first-order chi connectivity index (χ1) is 7.29. The van der Waals surface area contributed by atoms with Crippen LogP contribution in [0.2, 0.25) is 0 Å². The fraction of sp³-hybridized carbons (Fsp3) is 0.727. The van der Waals surface area contributed by atoms with Crippen molar-refractivity contribution in [3.05, 3.63) is 16.1 Å². The molecular weight excluding hydrogens is 206 g/mol. The number of nitrogens with one attached hydrogen (secondary N) is 2. The summed E-state index contributed by atoms with van der Waals surface area (Å²) in [7, 11) is 2.00. The van der Waals surface area contributed by atoms with Gasteiger partial charge in [-0.1, -0.05) is 0 Å². The predicted octanol–water partition coefficient (Wildman–Crippen LogP) is 1.72. The molecule has 2 rings (SSSR count). The first-order valence-corrected chi connectivity index (χ1v) is 6.52. The van der Waals surface area contributed by atoms with Crippen molar-refractivity contribution >= 4 is 11.3 Å². The van der Waals surface area contributed by atoms with Gasteiger partial charge in [-0.05, 0) is 33.4 Å². The maximum Gasteiger partial charge on any atom is 0.110 e. The molecule has 0 amide bonds.